The maximum absolute atomic E-state index is 11.1. The van der Waals surface area contributed by atoms with Gasteiger partial charge >= 0.3 is 0 Å². The summed E-state index contributed by atoms with van der Waals surface area (Å²) in [5.41, 5.74) is 2.19. The van der Waals surface area contributed by atoms with Crippen molar-refractivity contribution in [2.24, 2.45) is 0 Å². The summed E-state index contributed by atoms with van der Waals surface area (Å²) < 4.78 is 0. The Kier molecular flexibility index (Phi) is 2.53. The van der Waals surface area contributed by atoms with E-state index in [4.69, 9.17) is 0 Å². The van der Waals surface area contributed by atoms with E-state index in [1.54, 1.807) is 6.07 Å². The Hall–Kier alpha value is -0.980. The SMILES string of the molecule is CCc1ccc([O])c(CC)c1. The number of aryl methyl sites for hydroxylation is 2. The number of hydrogen-bond acceptors (Lipinski definition) is 0. The Morgan fingerprint density at radius 3 is 2.45 bits per heavy atom. The van der Waals surface area contributed by atoms with Gasteiger partial charge in [-0.1, -0.05) is 26.0 Å². The highest BCUT2D eigenvalue weighted by molar-refractivity contribution is 5.35. The molecule has 0 fully saturated rings. The van der Waals surface area contributed by atoms with Crippen molar-refractivity contribution in [3.05, 3.63) is 29.3 Å². The molecule has 0 spiro atoms. The van der Waals surface area contributed by atoms with Gasteiger partial charge in [0.2, 0.25) is 0 Å². The Morgan fingerprint density at radius 2 is 1.91 bits per heavy atom. The van der Waals surface area contributed by atoms with Crippen LogP contribution in [0.5, 0.6) is 5.75 Å². The standard InChI is InChI=1S/C10H13O/c1-3-8-5-6-10(11)9(4-2)7-8/h5-7H,3-4H2,1-2H3. The van der Waals surface area contributed by atoms with E-state index < -0.39 is 0 Å². The topological polar surface area (TPSA) is 19.9 Å². The van der Waals surface area contributed by atoms with Crippen LogP contribution in [0.1, 0.15) is 25.0 Å². The average Bonchev–Trinajstić information content (AvgIpc) is 2.05. The van der Waals surface area contributed by atoms with Gasteiger partial charge in [0.1, 0.15) is 0 Å². The lowest BCUT2D eigenvalue weighted by atomic mass is 10.1. The van der Waals surface area contributed by atoms with Crippen LogP contribution in [0.25, 0.3) is 0 Å². The van der Waals surface area contributed by atoms with Crippen LogP contribution in [0.2, 0.25) is 0 Å². The lowest BCUT2D eigenvalue weighted by Crippen LogP contribution is -1.84. The van der Waals surface area contributed by atoms with E-state index in [-0.39, 0.29) is 5.75 Å². The summed E-state index contributed by atoms with van der Waals surface area (Å²) in [4.78, 5) is 0. The maximum Gasteiger partial charge on any atom is 0.181 e. The van der Waals surface area contributed by atoms with Gasteiger partial charge in [-0.25, -0.2) is 0 Å². The molecule has 1 aromatic carbocycles. The molecule has 1 nitrogen and oxygen atoms in total. The molecule has 0 amide bonds. The maximum atomic E-state index is 11.1. The third-order valence-electron chi connectivity index (χ3n) is 1.91. The predicted octanol–water partition coefficient (Wildman–Crippen LogP) is 2.96. The molecule has 0 aliphatic rings. The molecule has 0 heterocycles. The fraction of sp³-hybridized carbons (Fsp3) is 0.400. The summed E-state index contributed by atoms with van der Waals surface area (Å²) in [6.07, 6.45) is 1.85. The first-order valence-corrected chi connectivity index (χ1v) is 4.06. The smallest absolute Gasteiger partial charge is 0.181 e. The van der Waals surface area contributed by atoms with Crippen LogP contribution in [-0.2, 0) is 17.9 Å². The number of hydrogen-bond donors (Lipinski definition) is 0. The van der Waals surface area contributed by atoms with E-state index >= 15 is 0 Å². The molecule has 0 atom stereocenters. The fourth-order valence-corrected chi connectivity index (χ4v) is 1.13. The largest absolute Gasteiger partial charge is 0.290 e. The van der Waals surface area contributed by atoms with Gasteiger partial charge in [0.05, 0.1) is 0 Å². The quantitative estimate of drug-likeness (QED) is 0.616. The molecule has 11 heavy (non-hydrogen) atoms. The minimum Gasteiger partial charge on any atom is -0.290 e. The van der Waals surface area contributed by atoms with Crippen LogP contribution in [0.3, 0.4) is 0 Å². The Balaban J connectivity index is 3.02. The summed E-state index contributed by atoms with van der Waals surface area (Å²) in [5.74, 6) is 0.171. The summed E-state index contributed by atoms with van der Waals surface area (Å²) in [6, 6.07) is 5.57. The summed E-state index contributed by atoms with van der Waals surface area (Å²) in [5, 5.41) is 11.1. The third-order valence-corrected chi connectivity index (χ3v) is 1.91. The molecule has 0 bridgehead atoms. The van der Waals surface area contributed by atoms with E-state index in [1.807, 2.05) is 19.1 Å². The van der Waals surface area contributed by atoms with Gasteiger partial charge in [0.25, 0.3) is 0 Å². The molecule has 1 heteroatoms. The Bertz CT molecular complexity index is 241. The van der Waals surface area contributed by atoms with Crippen molar-refractivity contribution in [2.45, 2.75) is 26.7 Å². The molecule has 0 aliphatic heterocycles. The van der Waals surface area contributed by atoms with Crippen LogP contribution >= 0.6 is 0 Å². The van der Waals surface area contributed by atoms with Crippen LogP contribution in [0.4, 0.5) is 0 Å². The molecular weight excluding hydrogens is 136 g/mol. The average molecular weight is 149 g/mol. The minimum absolute atomic E-state index is 0.171. The zero-order valence-electron chi connectivity index (χ0n) is 7.05. The van der Waals surface area contributed by atoms with Crippen LogP contribution in [0, 0.1) is 0 Å². The zero-order valence-corrected chi connectivity index (χ0v) is 7.05. The molecule has 59 valence electrons. The van der Waals surface area contributed by atoms with Crippen molar-refractivity contribution >= 4 is 0 Å². The van der Waals surface area contributed by atoms with Crippen LogP contribution < -0.4 is 0 Å². The normalized spacial score (nSPS) is 10.0. The molecule has 1 rings (SSSR count). The van der Waals surface area contributed by atoms with Crippen molar-refractivity contribution in [1.29, 1.82) is 0 Å². The highest BCUT2D eigenvalue weighted by Gasteiger charge is 2.00. The molecule has 0 saturated carbocycles. The Labute approximate surface area is 67.7 Å². The summed E-state index contributed by atoms with van der Waals surface area (Å²) in [6.45, 7) is 4.11. The minimum atomic E-state index is 0.171. The predicted molar refractivity (Wildman–Crippen MR) is 45.3 cm³/mol. The van der Waals surface area contributed by atoms with E-state index in [0.29, 0.717) is 0 Å². The molecule has 0 aliphatic carbocycles. The second kappa shape index (κ2) is 3.42. The highest BCUT2D eigenvalue weighted by Crippen LogP contribution is 2.19. The molecule has 1 radical (unpaired) electrons. The lowest BCUT2D eigenvalue weighted by Gasteiger charge is -2.00. The van der Waals surface area contributed by atoms with Gasteiger partial charge in [-0.05, 0) is 30.0 Å². The van der Waals surface area contributed by atoms with Crippen molar-refractivity contribution in [3.8, 4) is 5.75 Å². The number of benzene rings is 1. The van der Waals surface area contributed by atoms with Crippen LogP contribution in [-0.4, -0.2) is 0 Å². The first-order valence-electron chi connectivity index (χ1n) is 4.06. The van der Waals surface area contributed by atoms with Crippen LogP contribution in [0.15, 0.2) is 18.2 Å². The molecule has 0 unspecified atom stereocenters. The summed E-state index contributed by atoms with van der Waals surface area (Å²) in [7, 11) is 0. The van der Waals surface area contributed by atoms with Crippen molar-refractivity contribution in [2.75, 3.05) is 0 Å². The van der Waals surface area contributed by atoms with E-state index in [9.17, 15) is 5.11 Å². The third kappa shape index (κ3) is 1.73. The summed E-state index contributed by atoms with van der Waals surface area (Å²) >= 11 is 0. The van der Waals surface area contributed by atoms with Crippen molar-refractivity contribution in [1.82, 2.24) is 0 Å². The van der Waals surface area contributed by atoms with Gasteiger partial charge in [0.15, 0.2) is 5.75 Å². The molecule has 1 aromatic rings. The van der Waals surface area contributed by atoms with Gasteiger partial charge < -0.3 is 0 Å². The van der Waals surface area contributed by atoms with Gasteiger partial charge in [0, 0.05) is 0 Å². The zero-order chi connectivity index (χ0) is 8.27. The fourth-order valence-electron chi connectivity index (χ4n) is 1.13. The lowest BCUT2D eigenvalue weighted by molar-refractivity contribution is 0.350. The van der Waals surface area contributed by atoms with E-state index in [0.717, 1.165) is 18.4 Å². The number of rotatable bonds is 2. The van der Waals surface area contributed by atoms with E-state index in [2.05, 4.69) is 6.92 Å². The highest BCUT2D eigenvalue weighted by atomic mass is 16.3. The van der Waals surface area contributed by atoms with Gasteiger partial charge in [-0.15, -0.1) is 0 Å². The van der Waals surface area contributed by atoms with Crippen molar-refractivity contribution < 1.29 is 5.11 Å². The van der Waals surface area contributed by atoms with E-state index in [1.165, 1.54) is 5.56 Å². The Morgan fingerprint density at radius 1 is 1.18 bits per heavy atom. The monoisotopic (exact) mass is 149 g/mol. The second-order valence-corrected chi connectivity index (χ2v) is 2.65. The van der Waals surface area contributed by atoms with Gasteiger partial charge in [-0.3, -0.25) is 5.11 Å². The van der Waals surface area contributed by atoms with Crippen molar-refractivity contribution in [3.63, 3.8) is 0 Å². The molecular formula is C10H13O. The molecule has 0 aromatic heterocycles. The first-order chi connectivity index (χ1) is 5.27. The molecule has 0 N–H and O–H groups in total. The first kappa shape index (κ1) is 8.12. The molecule has 0 saturated heterocycles. The van der Waals surface area contributed by atoms with Gasteiger partial charge in [-0.2, -0.15) is 0 Å². The second-order valence-electron chi connectivity index (χ2n) is 2.65.